The van der Waals surface area contributed by atoms with E-state index in [1.54, 1.807) is 19.1 Å². The number of urea groups is 1. The maximum atomic E-state index is 13.4. The molecular weight excluding hydrogens is 394 g/mol. The molecule has 0 atom stereocenters. The van der Waals surface area contributed by atoms with Crippen molar-refractivity contribution in [3.63, 3.8) is 0 Å². The number of nitrogens with one attached hydrogen (secondary N) is 1. The minimum Gasteiger partial charge on any atom is -0.497 e. The fourth-order valence-corrected chi connectivity index (χ4v) is 3.78. The summed E-state index contributed by atoms with van der Waals surface area (Å²) in [4.78, 5) is 15.0. The van der Waals surface area contributed by atoms with E-state index >= 15 is 0 Å². The van der Waals surface area contributed by atoms with Gasteiger partial charge in [0, 0.05) is 18.7 Å². The summed E-state index contributed by atoms with van der Waals surface area (Å²) < 4.78 is 12.8. The van der Waals surface area contributed by atoms with Crippen LogP contribution in [-0.2, 0) is 19.5 Å². The van der Waals surface area contributed by atoms with E-state index in [4.69, 9.17) is 9.47 Å². The Labute approximate surface area is 181 Å². The Hall–Kier alpha value is -3.55. The lowest BCUT2D eigenvalue weighted by Gasteiger charge is -2.24. The number of aryl methyl sites for hydroxylation is 1. The summed E-state index contributed by atoms with van der Waals surface area (Å²) in [7, 11) is 3.20. The third-order valence-electron chi connectivity index (χ3n) is 5.46. The van der Waals surface area contributed by atoms with Gasteiger partial charge in [0.05, 0.1) is 26.5 Å². The van der Waals surface area contributed by atoms with E-state index in [1.807, 2.05) is 48.5 Å². The van der Waals surface area contributed by atoms with Crippen molar-refractivity contribution in [1.82, 2.24) is 14.8 Å². The largest absolute Gasteiger partial charge is 0.497 e. The number of carbonyl (C=O) groups is 1. The summed E-state index contributed by atoms with van der Waals surface area (Å²) in [6.45, 7) is 1.18. The number of methoxy groups -OCH3 is 2. The van der Waals surface area contributed by atoms with Gasteiger partial charge in [-0.05, 0) is 49.2 Å². The van der Waals surface area contributed by atoms with Gasteiger partial charge in [0.2, 0.25) is 0 Å². The molecule has 4 rings (SSSR count). The normalized spacial score (nSPS) is 13.1. The lowest BCUT2D eigenvalue weighted by Crippen LogP contribution is -2.35. The first-order valence-corrected chi connectivity index (χ1v) is 10.5. The van der Waals surface area contributed by atoms with E-state index in [1.165, 1.54) is 6.42 Å². The molecule has 3 aromatic rings. The van der Waals surface area contributed by atoms with Crippen molar-refractivity contribution in [2.75, 3.05) is 24.4 Å². The first-order valence-electron chi connectivity index (χ1n) is 10.5. The molecule has 162 valence electrons. The second-order valence-electron chi connectivity index (χ2n) is 7.41. The fourth-order valence-electron chi connectivity index (χ4n) is 3.78. The maximum Gasteiger partial charge on any atom is 0.326 e. The Morgan fingerprint density at radius 3 is 2.61 bits per heavy atom. The van der Waals surface area contributed by atoms with E-state index in [9.17, 15) is 4.79 Å². The predicted octanol–water partition coefficient (Wildman–Crippen LogP) is 4.26. The van der Waals surface area contributed by atoms with Gasteiger partial charge in [-0.25, -0.2) is 4.79 Å². The first kappa shape index (κ1) is 20.7. The van der Waals surface area contributed by atoms with Crippen LogP contribution in [-0.4, -0.2) is 35.0 Å². The summed E-state index contributed by atoms with van der Waals surface area (Å²) in [6.07, 6.45) is 4.31. The molecule has 0 saturated carbocycles. The Morgan fingerprint density at radius 2 is 1.84 bits per heavy atom. The molecule has 1 aromatic heterocycles. The lowest BCUT2D eigenvalue weighted by atomic mass is 10.2. The average Bonchev–Trinajstić information content (AvgIpc) is 3.03. The van der Waals surface area contributed by atoms with Crippen LogP contribution >= 0.6 is 0 Å². The Bertz CT molecular complexity index is 1030. The molecule has 0 unspecified atom stereocenters. The zero-order valence-corrected chi connectivity index (χ0v) is 17.9. The van der Waals surface area contributed by atoms with Crippen LogP contribution < -0.4 is 19.7 Å². The SMILES string of the molecule is COc1ccc(N(Cc2nnc3n2CCCCC3)C(=O)Nc2ccccc2OC)cc1. The van der Waals surface area contributed by atoms with Crippen molar-refractivity contribution in [1.29, 1.82) is 0 Å². The number of hydrogen-bond acceptors (Lipinski definition) is 5. The average molecular weight is 422 g/mol. The number of amides is 2. The maximum absolute atomic E-state index is 13.4. The number of aromatic nitrogens is 3. The van der Waals surface area contributed by atoms with Crippen LogP contribution in [0.4, 0.5) is 16.2 Å². The summed E-state index contributed by atoms with van der Waals surface area (Å²) in [5.74, 6) is 3.10. The van der Waals surface area contributed by atoms with E-state index < -0.39 is 0 Å². The highest BCUT2D eigenvalue weighted by Gasteiger charge is 2.23. The zero-order chi connectivity index (χ0) is 21.6. The highest BCUT2D eigenvalue weighted by Crippen LogP contribution is 2.26. The van der Waals surface area contributed by atoms with Crippen LogP contribution in [0.3, 0.4) is 0 Å². The summed E-state index contributed by atoms with van der Waals surface area (Å²) in [6, 6.07) is 14.5. The first-order chi connectivity index (χ1) is 15.2. The number of nitrogens with zero attached hydrogens (tertiary/aromatic N) is 4. The molecule has 2 aromatic carbocycles. The van der Waals surface area contributed by atoms with E-state index in [-0.39, 0.29) is 6.03 Å². The number of rotatable bonds is 6. The van der Waals surface area contributed by atoms with Gasteiger partial charge >= 0.3 is 6.03 Å². The molecule has 0 fully saturated rings. The molecule has 1 N–H and O–H groups in total. The second kappa shape index (κ2) is 9.51. The van der Waals surface area contributed by atoms with Gasteiger partial charge in [0.1, 0.15) is 17.3 Å². The molecule has 0 aliphatic carbocycles. The highest BCUT2D eigenvalue weighted by molar-refractivity contribution is 6.02. The lowest BCUT2D eigenvalue weighted by molar-refractivity contribution is 0.256. The van der Waals surface area contributed by atoms with Gasteiger partial charge in [-0.3, -0.25) is 4.90 Å². The monoisotopic (exact) mass is 421 g/mol. The Morgan fingerprint density at radius 1 is 1.03 bits per heavy atom. The number of para-hydroxylation sites is 2. The Balaban J connectivity index is 1.64. The van der Waals surface area contributed by atoms with Crippen molar-refractivity contribution in [2.45, 2.75) is 38.8 Å². The zero-order valence-electron chi connectivity index (χ0n) is 17.9. The summed E-state index contributed by atoms with van der Waals surface area (Å²) in [5, 5.41) is 11.7. The van der Waals surface area contributed by atoms with Crippen LogP contribution in [0.2, 0.25) is 0 Å². The molecule has 0 saturated heterocycles. The van der Waals surface area contributed by atoms with Crippen molar-refractivity contribution in [3.05, 3.63) is 60.2 Å². The smallest absolute Gasteiger partial charge is 0.326 e. The molecular formula is C23H27N5O3. The number of hydrogen-bond donors (Lipinski definition) is 1. The summed E-state index contributed by atoms with van der Waals surface area (Å²) >= 11 is 0. The van der Waals surface area contributed by atoms with Gasteiger partial charge in [-0.15, -0.1) is 10.2 Å². The van der Waals surface area contributed by atoms with Gasteiger partial charge in [-0.1, -0.05) is 18.6 Å². The standard InChI is InChI=1S/C23H27N5O3/c1-30-18-13-11-17(12-14-18)28(23(29)24-19-8-5-6-9-20(19)31-2)16-22-26-25-21-10-4-3-7-15-27(21)22/h5-6,8-9,11-14H,3-4,7,10,15-16H2,1-2H3,(H,24,29). The van der Waals surface area contributed by atoms with Crippen molar-refractivity contribution in [2.24, 2.45) is 0 Å². The molecule has 8 nitrogen and oxygen atoms in total. The van der Waals surface area contributed by atoms with Crippen molar-refractivity contribution < 1.29 is 14.3 Å². The molecule has 1 aliphatic heterocycles. The van der Waals surface area contributed by atoms with Crippen LogP contribution in [0.5, 0.6) is 11.5 Å². The van der Waals surface area contributed by atoms with Gasteiger partial charge in [0.15, 0.2) is 5.82 Å². The van der Waals surface area contributed by atoms with Gasteiger partial charge < -0.3 is 19.4 Å². The molecule has 31 heavy (non-hydrogen) atoms. The van der Waals surface area contributed by atoms with Crippen LogP contribution in [0.25, 0.3) is 0 Å². The molecule has 8 heteroatoms. The number of fused-ring (bicyclic) bond motifs is 1. The van der Waals surface area contributed by atoms with E-state index in [0.717, 1.165) is 48.9 Å². The molecule has 1 aliphatic rings. The molecule has 0 radical (unpaired) electrons. The number of carbonyl (C=O) groups excluding carboxylic acids is 1. The quantitative estimate of drug-likeness (QED) is 0.643. The van der Waals surface area contributed by atoms with Gasteiger partial charge in [-0.2, -0.15) is 0 Å². The molecule has 0 bridgehead atoms. The topological polar surface area (TPSA) is 81.5 Å². The third kappa shape index (κ3) is 4.63. The summed E-state index contributed by atoms with van der Waals surface area (Å²) in [5.41, 5.74) is 1.34. The minimum atomic E-state index is -0.277. The Kier molecular flexibility index (Phi) is 6.35. The second-order valence-corrected chi connectivity index (χ2v) is 7.41. The minimum absolute atomic E-state index is 0.277. The number of ether oxygens (including phenoxy) is 2. The predicted molar refractivity (Wildman–Crippen MR) is 119 cm³/mol. The van der Waals surface area contributed by atoms with Gasteiger partial charge in [0.25, 0.3) is 0 Å². The van der Waals surface area contributed by atoms with Crippen LogP contribution in [0.15, 0.2) is 48.5 Å². The number of benzene rings is 2. The van der Waals surface area contributed by atoms with Crippen molar-refractivity contribution in [3.8, 4) is 11.5 Å². The molecule has 2 amide bonds. The van der Waals surface area contributed by atoms with Crippen LogP contribution in [0, 0.1) is 0 Å². The third-order valence-corrected chi connectivity index (χ3v) is 5.46. The number of anilines is 2. The van der Waals surface area contributed by atoms with Crippen LogP contribution in [0.1, 0.15) is 30.9 Å². The molecule has 0 spiro atoms. The molecule has 2 heterocycles. The highest BCUT2D eigenvalue weighted by atomic mass is 16.5. The fraction of sp³-hybridized carbons (Fsp3) is 0.348. The van der Waals surface area contributed by atoms with E-state index in [2.05, 4.69) is 20.1 Å². The van der Waals surface area contributed by atoms with Crippen molar-refractivity contribution >= 4 is 17.4 Å². The van der Waals surface area contributed by atoms with E-state index in [0.29, 0.717) is 18.0 Å².